The van der Waals surface area contributed by atoms with Crippen LogP contribution in [0.15, 0.2) is 72.3 Å². The predicted octanol–water partition coefficient (Wildman–Crippen LogP) is 3.33. The summed E-state index contributed by atoms with van der Waals surface area (Å²) in [7, 11) is -2.71. The van der Waals surface area contributed by atoms with Gasteiger partial charge in [-0.3, -0.25) is 0 Å². The summed E-state index contributed by atoms with van der Waals surface area (Å²) in [6.45, 7) is 3.59. The van der Waals surface area contributed by atoms with Crippen molar-refractivity contribution in [2.24, 2.45) is 0 Å². The maximum absolute atomic E-state index is 13.6. The summed E-state index contributed by atoms with van der Waals surface area (Å²) in [6.07, 6.45) is 1.81. The van der Waals surface area contributed by atoms with Crippen LogP contribution in [0.1, 0.15) is 13.8 Å². The Morgan fingerprint density at radius 2 is 1.48 bits per heavy atom. The first-order chi connectivity index (χ1) is 10.0. The van der Waals surface area contributed by atoms with E-state index in [4.69, 9.17) is 0 Å². The summed E-state index contributed by atoms with van der Waals surface area (Å²) in [5, 5.41) is 11.3. The Morgan fingerprint density at radius 1 is 1.05 bits per heavy atom. The van der Waals surface area contributed by atoms with Gasteiger partial charge in [-0.05, 0) is 19.4 Å². The number of aliphatic hydroxyl groups is 1. The van der Waals surface area contributed by atoms with Crippen LogP contribution in [0.2, 0.25) is 0 Å². The molecular weight excluding hydrogens is 279 g/mol. The summed E-state index contributed by atoms with van der Waals surface area (Å²) < 4.78 is 13.6. The third-order valence-electron chi connectivity index (χ3n) is 3.68. The summed E-state index contributed by atoms with van der Waals surface area (Å²) >= 11 is 0. The van der Waals surface area contributed by atoms with Crippen molar-refractivity contribution in [3.05, 3.63) is 72.3 Å². The molecular formula is C18H21O2P. The monoisotopic (exact) mass is 300 g/mol. The molecule has 21 heavy (non-hydrogen) atoms. The van der Waals surface area contributed by atoms with Crippen LogP contribution in [0.25, 0.3) is 0 Å². The second-order valence-electron chi connectivity index (χ2n) is 5.22. The number of benzene rings is 2. The number of allylic oxidation sites excluding steroid dienone is 1. The Kier molecular flexibility index (Phi) is 5.17. The van der Waals surface area contributed by atoms with E-state index >= 15 is 0 Å². The van der Waals surface area contributed by atoms with Crippen LogP contribution in [-0.4, -0.2) is 17.4 Å². The highest BCUT2D eigenvalue weighted by atomic mass is 31.2. The van der Waals surface area contributed by atoms with Gasteiger partial charge in [0.25, 0.3) is 0 Å². The summed E-state index contributed by atoms with van der Waals surface area (Å²) in [5.74, 6) is 0. The summed E-state index contributed by atoms with van der Waals surface area (Å²) in [4.78, 5) is 0. The van der Waals surface area contributed by atoms with E-state index in [1.54, 1.807) is 6.92 Å². The molecule has 0 aliphatic carbocycles. The molecule has 2 nitrogen and oxygen atoms in total. The topological polar surface area (TPSA) is 37.3 Å². The number of hydrogen-bond acceptors (Lipinski definition) is 2. The first-order valence-electron chi connectivity index (χ1n) is 7.09. The molecule has 0 heterocycles. The van der Waals surface area contributed by atoms with E-state index in [0.717, 1.165) is 16.2 Å². The Balaban J connectivity index is 2.46. The first-order valence-corrected chi connectivity index (χ1v) is 8.98. The number of rotatable bonds is 5. The molecule has 0 unspecified atom stereocenters. The van der Waals surface area contributed by atoms with E-state index in [-0.39, 0.29) is 0 Å². The third kappa shape index (κ3) is 3.72. The highest BCUT2D eigenvalue weighted by Gasteiger charge is 2.25. The second-order valence-corrected chi connectivity index (χ2v) is 8.09. The molecule has 2 rings (SSSR count). The lowest BCUT2D eigenvalue weighted by Crippen LogP contribution is -2.18. The van der Waals surface area contributed by atoms with Gasteiger partial charge in [0, 0.05) is 16.8 Å². The normalized spacial score (nSPS) is 14.0. The fraction of sp³-hybridized carbons (Fsp3) is 0.222. The van der Waals surface area contributed by atoms with Crippen molar-refractivity contribution in [2.75, 3.05) is 6.16 Å². The van der Waals surface area contributed by atoms with Crippen LogP contribution in [0.4, 0.5) is 0 Å². The minimum Gasteiger partial charge on any atom is -0.389 e. The van der Waals surface area contributed by atoms with E-state index in [0.29, 0.717) is 6.16 Å². The molecule has 0 amide bonds. The second kappa shape index (κ2) is 6.89. The SMILES string of the molecule is C/C(=C\CP(=O)(c1ccccc1)c1ccccc1)[C@H](C)O. The van der Waals surface area contributed by atoms with Crippen molar-refractivity contribution in [3.8, 4) is 0 Å². The Morgan fingerprint density at radius 3 is 1.86 bits per heavy atom. The standard InChI is InChI=1S/C18H21O2P/c1-15(16(2)19)13-14-21(20,17-9-5-3-6-10-17)18-11-7-4-8-12-18/h3-13,16,19H,14H2,1-2H3/b15-13+/t16-/m0/s1. The van der Waals surface area contributed by atoms with Gasteiger partial charge in [-0.25, -0.2) is 0 Å². The minimum absolute atomic E-state index is 0.428. The van der Waals surface area contributed by atoms with Crippen molar-refractivity contribution in [2.45, 2.75) is 20.0 Å². The predicted molar refractivity (Wildman–Crippen MR) is 90.1 cm³/mol. The lowest BCUT2D eigenvalue weighted by atomic mass is 10.2. The van der Waals surface area contributed by atoms with Gasteiger partial charge >= 0.3 is 0 Å². The molecule has 0 saturated carbocycles. The lowest BCUT2D eigenvalue weighted by Gasteiger charge is -2.18. The largest absolute Gasteiger partial charge is 0.389 e. The smallest absolute Gasteiger partial charge is 0.146 e. The van der Waals surface area contributed by atoms with Gasteiger partial charge < -0.3 is 9.67 Å². The van der Waals surface area contributed by atoms with E-state index in [1.165, 1.54) is 0 Å². The zero-order valence-corrected chi connectivity index (χ0v) is 13.3. The Labute approximate surface area is 126 Å². The molecule has 110 valence electrons. The van der Waals surface area contributed by atoms with Crippen molar-refractivity contribution in [1.29, 1.82) is 0 Å². The van der Waals surface area contributed by atoms with E-state index in [2.05, 4.69) is 0 Å². The number of hydrogen-bond donors (Lipinski definition) is 1. The third-order valence-corrected chi connectivity index (χ3v) is 6.64. The van der Waals surface area contributed by atoms with Crippen molar-refractivity contribution in [3.63, 3.8) is 0 Å². The highest BCUT2D eigenvalue weighted by Crippen LogP contribution is 2.43. The van der Waals surface area contributed by atoms with Crippen molar-refractivity contribution < 1.29 is 9.67 Å². The first kappa shape index (κ1) is 15.8. The maximum Gasteiger partial charge on any atom is 0.146 e. The van der Waals surface area contributed by atoms with Crippen molar-refractivity contribution >= 4 is 17.8 Å². The minimum atomic E-state index is -2.71. The van der Waals surface area contributed by atoms with Gasteiger partial charge in [-0.1, -0.05) is 66.7 Å². The summed E-state index contributed by atoms with van der Waals surface area (Å²) in [5.41, 5.74) is 0.849. The Hall–Kier alpha value is -1.63. The van der Waals surface area contributed by atoms with Crippen LogP contribution in [0.3, 0.4) is 0 Å². The quantitative estimate of drug-likeness (QED) is 0.679. The fourth-order valence-corrected chi connectivity index (χ4v) is 4.71. The molecule has 0 saturated heterocycles. The molecule has 0 fully saturated rings. The summed E-state index contributed by atoms with van der Waals surface area (Å²) in [6, 6.07) is 19.2. The van der Waals surface area contributed by atoms with Crippen LogP contribution in [0.5, 0.6) is 0 Å². The van der Waals surface area contributed by atoms with Gasteiger partial charge in [0.05, 0.1) is 6.10 Å². The van der Waals surface area contributed by atoms with Crippen LogP contribution >= 0.6 is 7.14 Å². The van der Waals surface area contributed by atoms with E-state index in [9.17, 15) is 9.67 Å². The molecule has 0 bridgehead atoms. The molecule has 1 atom stereocenters. The van der Waals surface area contributed by atoms with Gasteiger partial charge in [-0.15, -0.1) is 0 Å². The average Bonchev–Trinajstić information content (AvgIpc) is 2.53. The zero-order chi connectivity index (χ0) is 15.3. The molecule has 0 aromatic heterocycles. The molecule has 0 spiro atoms. The van der Waals surface area contributed by atoms with Crippen LogP contribution in [0, 0.1) is 0 Å². The molecule has 1 N–H and O–H groups in total. The van der Waals surface area contributed by atoms with Gasteiger partial charge in [-0.2, -0.15) is 0 Å². The van der Waals surface area contributed by atoms with Gasteiger partial charge in [0.1, 0.15) is 7.14 Å². The van der Waals surface area contributed by atoms with Crippen LogP contribution in [-0.2, 0) is 4.57 Å². The maximum atomic E-state index is 13.6. The van der Waals surface area contributed by atoms with Gasteiger partial charge in [0.2, 0.25) is 0 Å². The number of aliphatic hydroxyl groups excluding tert-OH is 1. The molecule has 0 aliphatic heterocycles. The molecule has 0 aliphatic rings. The van der Waals surface area contributed by atoms with Crippen LogP contribution < -0.4 is 10.6 Å². The van der Waals surface area contributed by atoms with Gasteiger partial charge in [0.15, 0.2) is 0 Å². The zero-order valence-electron chi connectivity index (χ0n) is 12.4. The fourth-order valence-electron chi connectivity index (χ4n) is 2.14. The highest BCUT2D eigenvalue weighted by molar-refractivity contribution is 7.78. The van der Waals surface area contributed by atoms with E-state index < -0.39 is 13.2 Å². The van der Waals surface area contributed by atoms with Crippen molar-refractivity contribution in [1.82, 2.24) is 0 Å². The Bertz CT molecular complexity index is 602. The average molecular weight is 300 g/mol. The molecule has 0 radical (unpaired) electrons. The molecule has 2 aromatic carbocycles. The lowest BCUT2D eigenvalue weighted by molar-refractivity contribution is 0.231. The van der Waals surface area contributed by atoms with E-state index in [1.807, 2.05) is 73.7 Å². The molecule has 3 heteroatoms. The molecule has 2 aromatic rings.